The number of methoxy groups -OCH3 is 1. The summed E-state index contributed by atoms with van der Waals surface area (Å²) in [5, 5.41) is 4.07. The molecule has 0 aromatic heterocycles. The molecule has 1 atom stereocenters. The summed E-state index contributed by atoms with van der Waals surface area (Å²) < 4.78 is 10.9. The van der Waals surface area contributed by atoms with Crippen LogP contribution in [-0.4, -0.2) is 38.1 Å². The first-order chi connectivity index (χ1) is 13.3. The summed E-state index contributed by atoms with van der Waals surface area (Å²) in [4.78, 5) is 14.3. The number of likely N-dealkylation sites (N-methyl/N-ethyl adjacent to an activating group) is 1. The van der Waals surface area contributed by atoms with Gasteiger partial charge in [-0.15, -0.1) is 0 Å². The highest BCUT2D eigenvalue weighted by molar-refractivity contribution is 6.35. The molecule has 28 heavy (non-hydrogen) atoms. The van der Waals surface area contributed by atoms with Crippen LogP contribution in [0.25, 0.3) is 0 Å². The number of hydrogen-bond acceptors (Lipinski definition) is 4. The third kappa shape index (κ3) is 6.30. The maximum Gasteiger partial charge on any atom is 0.234 e. The van der Waals surface area contributed by atoms with Gasteiger partial charge >= 0.3 is 0 Å². The Morgan fingerprint density at radius 1 is 1.18 bits per heavy atom. The number of amides is 1. The molecule has 0 unspecified atom stereocenters. The molecular weight excluding hydrogens is 399 g/mol. The van der Waals surface area contributed by atoms with Crippen molar-refractivity contribution in [3.8, 4) is 11.5 Å². The summed E-state index contributed by atoms with van der Waals surface area (Å²) in [6.45, 7) is 5.26. The molecule has 152 valence electrons. The zero-order valence-corrected chi connectivity index (χ0v) is 18.1. The standard InChI is InChI=1S/C21H26Cl2N2O3/c1-5-28-19-9-6-15(10-20(19)27-4)12-25(3)13-21(26)24-14(2)17-8-7-16(22)11-18(17)23/h6-11,14H,5,12-13H2,1-4H3,(H,24,26)/t14-/m1/s1. The maximum atomic E-state index is 12.4. The minimum absolute atomic E-state index is 0.0843. The van der Waals surface area contributed by atoms with Gasteiger partial charge in [-0.25, -0.2) is 0 Å². The smallest absolute Gasteiger partial charge is 0.234 e. The topological polar surface area (TPSA) is 50.8 Å². The molecular formula is C21H26Cl2N2O3. The number of carbonyl (C=O) groups excluding carboxylic acids is 1. The van der Waals surface area contributed by atoms with Crippen LogP contribution in [0.1, 0.15) is 31.0 Å². The minimum atomic E-state index is -0.212. The van der Waals surface area contributed by atoms with Crippen LogP contribution >= 0.6 is 23.2 Å². The molecule has 0 aliphatic carbocycles. The fourth-order valence-corrected chi connectivity index (χ4v) is 3.49. The summed E-state index contributed by atoms with van der Waals surface area (Å²) in [5.74, 6) is 1.31. The molecule has 2 aromatic carbocycles. The van der Waals surface area contributed by atoms with Crippen molar-refractivity contribution in [2.45, 2.75) is 26.4 Å². The van der Waals surface area contributed by atoms with Gasteiger partial charge in [-0.1, -0.05) is 35.3 Å². The molecule has 0 fully saturated rings. The van der Waals surface area contributed by atoms with Crippen molar-refractivity contribution in [2.24, 2.45) is 0 Å². The highest BCUT2D eigenvalue weighted by atomic mass is 35.5. The third-order valence-corrected chi connectivity index (χ3v) is 4.76. The molecule has 0 aliphatic rings. The molecule has 5 nitrogen and oxygen atoms in total. The molecule has 0 spiro atoms. The number of nitrogens with zero attached hydrogens (tertiary/aromatic N) is 1. The van der Waals surface area contributed by atoms with Crippen molar-refractivity contribution in [2.75, 3.05) is 27.3 Å². The highest BCUT2D eigenvalue weighted by Crippen LogP contribution is 2.28. The average molecular weight is 425 g/mol. The van der Waals surface area contributed by atoms with Crippen molar-refractivity contribution < 1.29 is 14.3 Å². The number of hydrogen-bond donors (Lipinski definition) is 1. The predicted molar refractivity (Wildman–Crippen MR) is 114 cm³/mol. The van der Waals surface area contributed by atoms with Crippen LogP contribution in [0.4, 0.5) is 0 Å². The van der Waals surface area contributed by atoms with Crippen molar-refractivity contribution >= 4 is 29.1 Å². The Morgan fingerprint density at radius 2 is 1.93 bits per heavy atom. The lowest BCUT2D eigenvalue weighted by atomic mass is 10.1. The van der Waals surface area contributed by atoms with Gasteiger partial charge in [0.05, 0.1) is 26.3 Å². The van der Waals surface area contributed by atoms with E-state index in [4.69, 9.17) is 32.7 Å². The van der Waals surface area contributed by atoms with E-state index < -0.39 is 0 Å². The van der Waals surface area contributed by atoms with Gasteiger partial charge in [0.1, 0.15) is 0 Å². The van der Waals surface area contributed by atoms with Crippen LogP contribution in [-0.2, 0) is 11.3 Å². The van der Waals surface area contributed by atoms with Crippen LogP contribution in [0.5, 0.6) is 11.5 Å². The molecule has 2 aromatic rings. The fourth-order valence-electron chi connectivity index (χ4n) is 2.92. The van der Waals surface area contributed by atoms with E-state index in [9.17, 15) is 4.79 Å². The van der Waals surface area contributed by atoms with E-state index in [1.54, 1.807) is 19.2 Å². The first kappa shape index (κ1) is 22.3. The second kappa shape index (κ2) is 10.6. The second-order valence-corrected chi connectivity index (χ2v) is 7.39. The third-order valence-electron chi connectivity index (χ3n) is 4.20. The van der Waals surface area contributed by atoms with E-state index >= 15 is 0 Å². The highest BCUT2D eigenvalue weighted by Gasteiger charge is 2.15. The molecule has 1 N–H and O–H groups in total. The van der Waals surface area contributed by atoms with Crippen molar-refractivity contribution in [3.63, 3.8) is 0 Å². The van der Waals surface area contributed by atoms with Gasteiger partial charge in [0.2, 0.25) is 5.91 Å². The fraction of sp³-hybridized carbons (Fsp3) is 0.381. The predicted octanol–water partition coefficient (Wildman–Crippen LogP) is 4.71. The Kier molecular flexibility index (Phi) is 8.42. The van der Waals surface area contributed by atoms with Crippen molar-refractivity contribution in [1.82, 2.24) is 10.2 Å². The Labute approximate surface area is 176 Å². The molecule has 0 radical (unpaired) electrons. The second-order valence-electron chi connectivity index (χ2n) is 6.55. The van der Waals surface area contributed by atoms with E-state index in [2.05, 4.69) is 5.32 Å². The van der Waals surface area contributed by atoms with Gasteiger partial charge in [0.25, 0.3) is 0 Å². The first-order valence-electron chi connectivity index (χ1n) is 9.06. The van der Waals surface area contributed by atoms with Crippen LogP contribution in [0.3, 0.4) is 0 Å². The Hall–Kier alpha value is -1.95. The van der Waals surface area contributed by atoms with Gasteiger partial charge < -0.3 is 14.8 Å². The molecule has 1 amide bonds. The summed E-state index contributed by atoms with van der Waals surface area (Å²) >= 11 is 12.1. The number of halogens is 2. The van der Waals surface area contributed by atoms with Crippen LogP contribution in [0.2, 0.25) is 10.0 Å². The first-order valence-corrected chi connectivity index (χ1v) is 9.82. The molecule has 0 aliphatic heterocycles. The van der Waals surface area contributed by atoms with Gasteiger partial charge in [-0.3, -0.25) is 9.69 Å². The monoisotopic (exact) mass is 424 g/mol. The van der Waals surface area contributed by atoms with E-state index in [0.29, 0.717) is 34.7 Å². The van der Waals surface area contributed by atoms with Crippen LogP contribution < -0.4 is 14.8 Å². The van der Waals surface area contributed by atoms with Gasteiger partial charge in [0.15, 0.2) is 11.5 Å². The van der Waals surface area contributed by atoms with Crippen LogP contribution in [0, 0.1) is 0 Å². The number of carbonyl (C=O) groups is 1. The molecule has 7 heteroatoms. The zero-order chi connectivity index (χ0) is 20.7. The molecule has 2 rings (SSSR count). The Balaban J connectivity index is 1.93. The van der Waals surface area contributed by atoms with E-state index in [0.717, 1.165) is 11.1 Å². The molecule has 0 heterocycles. The van der Waals surface area contributed by atoms with Gasteiger partial charge in [-0.05, 0) is 56.3 Å². The summed E-state index contributed by atoms with van der Waals surface area (Å²) in [6, 6.07) is 10.8. The number of nitrogens with one attached hydrogen (secondary N) is 1. The number of rotatable bonds is 9. The van der Waals surface area contributed by atoms with Crippen molar-refractivity contribution in [3.05, 3.63) is 57.6 Å². The average Bonchev–Trinajstić information content (AvgIpc) is 2.62. The summed E-state index contributed by atoms with van der Waals surface area (Å²) in [5.41, 5.74) is 1.86. The van der Waals surface area contributed by atoms with E-state index in [1.807, 2.05) is 50.1 Å². The Bertz CT molecular complexity index is 814. The molecule has 0 saturated carbocycles. The number of ether oxygens (including phenoxy) is 2. The maximum absolute atomic E-state index is 12.4. The molecule has 0 saturated heterocycles. The largest absolute Gasteiger partial charge is 0.493 e. The Morgan fingerprint density at radius 3 is 2.57 bits per heavy atom. The zero-order valence-electron chi connectivity index (χ0n) is 16.6. The van der Waals surface area contributed by atoms with Crippen molar-refractivity contribution in [1.29, 1.82) is 0 Å². The SMILES string of the molecule is CCOc1ccc(CN(C)CC(=O)N[C@H](C)c2ccc(Cl)cc2Cl)cc1OC. The quantitative estimate of drug-likeness (QED) is 0.632. The summed E-state index contributed by atoms with van der Waals surface area (Å²) in [7, 11) is 3.50. The minimum Gasteiger partial charge on any atom is -0.493 e. The molecule has 0 bridgehead atoms. The lowest BCUT2D eigenvalue weighted by Crippen LogP contribution is -2.36. The van der Waals surface area contributed by atoms with E-state index in [1.165, 1.54) is 0 Å². The summed E-state index contributed by atoms with van der Waals surface area (Å²) in [6.07, 6.45) is 0. The normalized spacial score (nSPS) is 12.0. The van der Waals surface area contributed by atoms with Gasteiger partial charge in [0, 0.05) is 16.6 Å². The lowest BCUT2D eigenvalue weighted by molar-refractivity contribution is -0.122. The van der Waals surface area contributed by atoms with Crippen LogP contribution in [0.15, 0.2) is 36.4 Å². The number of benzene rings is 2. The van der Waals surface area contributed by atoms with Gasteiger partial charge in [-0.2, -0.15) is 0 Å². The van der Waals surface area contributed by atoms with E-state index in [-0.39, 0.29) is 18.5 Å². The lowest BCUT2D eigenvalue weighted by Gasteiger charge is -2.20.